The normalized spacial score (nSPS) is 10.5. The molecule has 0 unspecified atom stereocenters. The summed E-state index contributed by atoms with van der Waals surface area (Å²) in [6.07, 6.45) is 0. The highest BCUT2D eigenvalue weighted by molar-refractivity contribution is 9.10. The molecular formula is C13H10BrClOS. The van der Waals surface area contributed by atoms with Crippen LogP contribution in [0.15, 0.2) is 56.7 Å². The quantitative estimate of drug-likeness (QED) is 0.877. The Morgan fingerprint density at radius 2 is 1.82 bits per heavy atom. The maximum atomic E-state index is 9.31. The van der Waals surface area contributed by atoms with E-state index in [1.54, 1.807) is 11.8 Å². The van der Waals surface area contributed by atoms with Crippen LogP contribution in [-0.4, -0.2) is 5.11 Å². The molecule has 4 heteroatoms. The van der Waals surface area contributed by atoms with Gasteiger partial charge in [-0.25, -0.2) is 0 Å². The number of aliphatic hydroxyl groups is 1. The van der Waals surface area contributed by atoms with E-state index in [9.17, 15) is 5.11 Å². The number of hydrogen-bond acceptors (Lipinski definition) is 2. The first-order valence-corrected chi connectivity index (χ1v) is 7.00. The van der Waals surface area contributed by atoms with Gasteiger partial charge in [0, 0.05) is 19.3 Å². The molecule has 0 spiro atoms. The first-order valence-electron chi connectivity index (χ1n) is 5.02. The van der Waals surface area contributed by atoms with Crippen LogP contribution in [0.2, 0.25) is 5.02 Å². The highest BCUT2D eigenvalue weighted by Crippen LogP contribution is 2.32. The van der Waals surface area contributed by atoms with Crippen molar-refractivity contribution in [1.82, 2.24) is 0 Å². The molecule has 0 bridgehead atoms. The average Bonchev–Trinajstić information content (AvgIpc) is 2.34. The van der Waals surface area contributed by atoms with Crippen molar-refractivity contribution in [2.24, 2.45) is 0 Å². The lowest BCUT2D eigenvalue weighted by Gasteiger charge is -2.07. The SMILES string of the molecule is OCc1cc(Br)ccc1Sc1ccc(Cl)cc1. The highest BCUT2D eigenvalue weighted by Gasteiger charge is 2.04. The Hall–Kier alpha value is -0.480. The fourth-order valence-electron chi connectivity index (χ4n) is 1.40. The molecule has 17 heavy (non-hydrogen) atoms. The largest absolute Gasteiger partial charge is 0.392 e. The zero-order valence-electron chi connectivity index (χ0n) is 8.86. The first-order chi connectivity index (χ1) is 8.19. The molecular weight excluding hydrogens is 320 g/mol. The molecule has 1 nitrogen and oxygen atoms in total. The molecule has 0 radical (unpaired) electrons. The van der Waals surface area contributed by atoms with Gasteiger partial charge in [-0.15, -0.1) is 0 Å². The van der Waals surface area contributed by atoms with Crippen molar-refractivity contribution in [2.45, 2.75) is 16.4 Å². The van der Waals surface area contributed by atoms with Crippen LogP contribution in [0.1, 0.15) is 5.56 Å². The van der Waals surface area contributed by atoms with E-state index < -0.39 is 0 Å². The van der Waals surface area contributed by atoms with Crippen molar-refractivity contribution in [3.63, 3.8) is 0 Å². The Morgan fingerprint density at radius 1 is 1.12 bits per heavy atom. The van der Waals surface area contributed by atoms with Crippen LogP contribution < -0.4 is 0 Å². The third-order valence-corrected chi connectivity index (χ3v) is 4.11. The molecule has 2 aromatic carbocycles. The summed E-state index contributed by atoms with van der Waals surface area (Å²) in [4.78, 5) is 2.16. The molecule has 0 aliphatic rings. The third-order valence-electron chi connectivity index (χ3n) is 2.23. The molecule has 0 saturated heterocycles. The third kappa shape index (κ3) is 3.49. The Kier molecular flexibility index (Phi) is 4.51. The van der Waals surface area contributed by atoms with Crippen molar-refractivity contribution in [1.29, 1.82) is 0 Å². The molecule has 1 N–H and O–H groups in total. The zero-order valence-corrected chi connectivity index (χ0v) is 12.0. The van der Waals surface area contributed by atoms with Crippen LogP contribution in [0.5, 0.6) is 0 Å². The van der Waals surface area contributed by atoms with Crippen molar-refractivity contribution >= 4 is 39.3 Å². The lowest BCUT2D eigenvalue weighted by Crippen LogP contribution is -1.87. The van der Waals surface area contributed by atoms with Crippen LogP contribution in [-0.2, 0) is 6.61 Å². The summed E-state index contributed by atoms with van der Waals surface area (Å²) in [7, 11) is 0. The van der Waals surface area contributed by atoms with Crippen molar-refractivity contribution in [2.75, 3.05) is 0 Å². The molecule has 2 rings (SSSR count). The number of rotatable bonds is 3. The van der Waals surface area contributed by atoms with Gasteiger partial charge in [0.15, 0.2) is 0 Å². The van der Waals surface area contributed by atoms with Gasteiger partial charge in [-0.2, -0.15) is 0 Å². The Labute approximate surface area is 118 Å². The van der Waals surface area contributed by atoms with Crippen LogP contribution >= 0.6 is 39.3 Å². The summed E-state index contributed by atoms with van der Waals surface area (Å²) in [5.41, 5.74) is 0.916. The van der Waals surface area contributed by atoms with Gasteiger partial charge in [0.05, 0.1) is 6.61 Å². The number of benzene rings is 2. The molecule has 88 valence electrons. The number of halogens is 2. The van der Waals surface area contributed by atoms with Crippen LogP contribution in [0.25, 0.3) is 0 Å². The molecule has 0 aliphatic carbocycles. The Bertz CT molecular complexity index is 513. The molecule has 0 saturated carbocycles. The molecule has 0 atom stereocenters. The summed E-state index contributed by atoms with van der Waals surface area (Å²) in [5, 5.41) is 10.0. The van der Waals surface area contributed by atoms with E-state index in [4.69, 9.17) is 11.6 Å². The minimum atomic E-state index is 0.0371. The van der Waals surface area contributed by atoms with Gasteiger partial charge in [-0.3, -0.25) is 0 Å². The summed E-state index contributed by atoms with van der Waals surface area (Å²) in [6, 6.07) is 13.6. The minimum absolute atomic E-state index is 0.0371. The predicted molar refractivity (Wildman–Crippen MR) is 75.6 cm³/mol. The van der Waals surface area contributed by atoms with E-state index >= 15 is 0 Å². The van der Waals surface area contributed by atoms with Crippen LogP contribution in [0, 0.1) is 0 Å². The smallest absolute Gasteiger partial charge is 0.0693 e. The van der Waals surface area contributed by atoms with Gasteiger partial charge in [-0.05, 0) is 48.0 Å². The van der Waals surface area contributed by atoms with E-state index in [1.165, 1.54) is 0 Å². The first kappa shape index (κ1) is 13.0. The molecule has 0 aliphatic heterocycles. The predicted octanol–water partition coefficient (Wildman–Crippen LogP) is 4.75. The van der Waals surface area contributed by atoms with E-state index in [0.717, 1.165) is 24.8 Å². The Balaban J connectivity index is 2.26. The van der Waals surface area contributed by atoms with Gasteiger partial charge >= 0.3 is 0 Å². The number of aliphatic hydroxyl groups excluding tert-OH is 1. The number of hydrogen-bond donors (Lipinski definition) is 1. The zero-order chi connectivity index (χ0) is 12.3. The standard InChI is InChI=1S/C13H10BrClOS/c14-10-1-6-13(9(7-10)8-16)17-12-4-2-11(15)3-5-12/h1-7,16H,8H2. The molecule has 0 amide bonds. The Morgan fingerprint density at radius 3 is 2.47 bits per heavy atom. The maximum Gasteiger partial charge on any atom is 0.0693 e. The summed E-state index contributed by atoms with van der Waals surface area (Å²) in [6.45, 7) is 0.0371. The van der Waals surface area contributed by atoms with Gasteiger partial charge in [0.25, 0.3) is 0 Å². The van der Waals surface area contributed by atoms with E-state index in [1.807, 2.05) is 42.5 Å². The second kappa shape index (κ2) is 5.91. The minimum Gasteiger partial charge on any atom is -0.392 e. The van der Waals surface area contributed by atoms with Gasteiger partial charge in [-0.1, -0.05) is 39.3 Å². The van der Waals surface area contributed by atoms with E-state index in [0.29, 0.717) is 0 Å². The van der Waals surface area contributed by atoms with E-state index in [2.05, 4.69) is 15.9 Å². The molecule has 0 heterocycles. The molecule has 0 aromatic heterocycles. The average molecular weight is 330 g/mol. The van der Waals surface area contributed by atoms with Crippen molar-refractivity contribution in [3.8, 4) is 0 Å². The van der Waals surface area contributed by atoms with Crippen molar-refractivity contribution in [3.05, 3.63) is 57.5 Å². The fraction of sp³-hybridized carbons (Fsp3) is 0.0769. The van der Waals surface area contributed by atoms with E-state index in [-0.39, 0.29) is 6.61 Å². The van der Waals surface area contributed by atoms with Crippen LogP contribution in [0.3, 0.4) is 0 Å². The topological polar surface area (TPSA) is 20.2 Å². The van der Waals surface area contributed by atoms with Gasteiger partial charge in [0.2, 0.25) is 0 Å². The van der Waals surface area contributed by atoms with Crippen molar-refractivity contribution < 1.29 is 5.11 Å². The second-order valence-electron chi connectivity index (χ2n) is 3.47. The maximum absolute atomic E-state index is 9.31. The molecule has 2 aromatic rings. The summed E-state index contributed by atoms with van der Waals surface area (Å²) in [5.74, 6) is 0. The molecule has 0 fully saturated rings. The van der Waals surface area contributed by atoms with Gasteiger partial charge < -0.3 is 5.11 Å². The van der Waals surface area contributed by atoms with Crippen LogP contribution in [0.4, 0.5) is 0 Å². The lowest BCUT2D eigenvalue weighted by atomic mass is 10.2. The highest BCUT2D eigenvalue weighted by atomic mass is 79.9. The van der Waals surface area contributed by atoms with Gasteiger partial charge in [0.1, 0.15) is 0 Å². The monoisotopic (exact) mass is 328 g/mol. The summed E-state index contributed by atoms with van der Waals surface area (Å²) >= 11 is 10.8. The lowest BCUT2D eigenvalue weighted by molar-refractivity contribution is 0.279. The fourth-order valence-corrected chi connectivity index (χ4v) is 2.85. The summed E-state index contributed by atoms with van der Waals surface area (Å²) < 4.78 is 0.974. The second-order valence-corrected chi connectivity index (χ2v) is 5.93.